The third kappa shape index (κ3) is 5.18. The van der Waals surface area contributed by atoms with E-state index >= 15 is 0 Å². The molecule has 1 atom stereocenters. The lowest BCUT2D eigenvalue weighted by molar-refractivity contribution is -0.124. The van der Waals surface area contributed by atoms with Gasteiger partial charge in [-0.25, -0.2) is 4.79 Å². The van der Waals surface area contributed by atoms with Crippen molar-refractivity contribution in [3.05, 3.63) is 89.5 Å². The normalized spacial score (nSPS) is 12.7. The largest absolute Gasteiger partial charge is 0.489 e. The highest BCUT2D eigenvalue weighted by Gasteiger charge is 2.18. The van der Waals surface area contributed by atoms with Crippen LogP contribution in [0.25, 0.3) is 0 Å². The van der Waals surface area contributed by atoms with Crippen molar-refractivity contribution in [1.29, 1.82) is 0 Å². The minimum Gasteiger partial charge on any atom is -0.489 e. The maximum Gasteiger partial charge on any atom is 0.339 e. The van der Waals surface area contributed by atoms with Crippen LogP contribution in [0.3, 0.4) is 0 Å². The molecule has 4 rings (SSSR count). The summed E-state index contributed by atoms with van der Waals surface area (Å²) in [5, 5.41) is 2.82. The summed E-state index contributed by atoms with van der Waals surface area (Å²) in [6.45, 7) is 1.85. The van der Waals surface area contributed by atoms with E-state index in [2.05, 4.69) is 5.32 Å². The maximum atomic E-state index is 12.6. The van der Waals surface area contributed by atoms with Crippen molar-refractivity contribution in [2.24, 2.45) is 0 Å². The number of para-hydroxylation sites is 1. The van der Waals surface area contributed by atoms with E-state index in [0.29, 0.717) is 28.4 Å². The molecule has 7 nitrogen and oxygen atoms in total. The second kappa shape index (κ2) is 9.87. The van der Waals surface area contributed by atoms with Gasteiger partial charge in [0.25, 0.3) is 5.91 Å². The molecular weight excluding hydrogens is 410 g/mol. The van der Waals surface area contributed by atoms with Crippen LogP contribution in [0.1, 0.15) is 34.5 Å². The molecule has 3 aromatic carbocycles. The average Bonchev–Trinajstić information content (AvgIpc) is 3.30. The second-order valence-corrected chi connectivity index (χ2v) is 7.24. The van der Waals surface area contributed by atoms with Gasteiger partial charge in [-0.2, -0.15) is 0 Å². The Labute approximate surface area is 185 Å². The number of hydrogen-bond donors (Lipinski definition) is 1. The minimum atomic E-state index is -0.580. The third-order valence-corrected chi connectivity index (χ3v) is 4.98. The number of benzene rings is 3. The summed E-state index contributed by atoms with van der Waals surface area (Å²) < 4.78 is 21.6. The molecule has 0 bridgehead atoms. The number of carbonyl (C=O) groups is 2. The van der Waals surface area contributed by atoms with Gasteiger partial charge >= 0.3 is 5.97 Å². The molecule has 1 aliphatic heterocycles. The zero-order valence-corrected chi connectivity index (χ0v) is 17.6. The predicted octanol–water partition coefficient (Wildman–Crippen LogP) is 4.03. The molecule has 1 aliphatic rings. The fourth-order valence-electron chi connectivity index (χ4n) is 3.28. The van der Waals surface area contributed by atoms with Crippen molar-refractivity contribution in [3.63, 3.8) is 0 Å². The molecule has 1 amide bonds. The molecule has 32 heavy (non-hydrogen) atoms. The van der Waals surface area contributed by atoms with Crippen molar-refractivity contribution in [2.75, 3.05) is 13.4 Å². The highest BCUT2D eigenvalue weighted by molar-refractivity contribution is 5.92. The number of amides is 1. The average molecular weight is 433 g/mol. The van der Waals surface area contributed by atoms with E-state index in [1.807, 2.05) is 55.5 Å². The number of ether oxygens (including phenoxy) is 4. The van der Waals surface area contributed by atoms with Crippen molar-refractivity contribution in [3.8, 4) is 17.2 Å². The summed E-state index contributed by atoms with van der Waals surface area (Å²) in [4.78, 5) is 24.9. The molecule has 0 spiro atoms. The minimum absolute atomic E-state index is 0.188. The van der Waals surface area contributed by atoms with Gasteiger partial charge in [0.15, 0.2) is 18.1 Å². The number of rotatable bonds is 8. The summed E-state index contributed by atoms with van der Waals surface area (Å²) in [7, 11) is 0. The van der Waals surface area contributed by atoms with Gasteiger partial charge in [-0.05, 0) is 42.8 Å². The van der Waals surface area contributed by atoms with Gasteiger partial charge in [-0.15, -0.1) is 0 Å². The monoisotopic (exact) mass is 433 g/mol. The molecule has 164 valence electrons. The van der Waals surface area contributed by atoms with Crippen LogP contribution in [-0.2, 0) is 16.1 Å². The van der Waals surface area contributed by atoms with Crippen molar-refractivity contribution >= 4 is 11.9 Å². The number of hydrogen-bond acceptors (Lipinski definition) is 6. The van der Waals surface area contributed by atoms with Gasteiger partial charge in [0.2, 0.25) is 6.79 Å². The van der Waals surface area contributed by atoms with Gasteiger partial charge in [0.1, 0.15) is 12.4 Å². The van der Waals surface area contributed by atoms with Gasteiger partial charge < -0.3 is 24.3 Å². The molecule has 0 fully saturated rings. The van der Waals surface area contributed by atoms with E-state index in [9.17, 15) is 9.59 Å². The topological polar surface area (TPSA) is 83.1 Å². The van der Waals surface area contributed by atoms with Crippen LogP contribution < -0.4 is 19.5 Å². The highest BCUT2D eigenvalue weighted by atomic mass is 16.7. The first-order valence-corrected chi connectivity index (χ1v) is 10.2. The van der Waals surface area contributed by atoms with E-state index in [1.165, 1.54) is 0 Å². The summed E-state index contributed by atoms with van der Waals surface area (Å²) in [6, 6.07) is 21.5. The van der Waals surface area contributed by atoms with Gasteiger partial charge in [-0.3, -0.25) is 4.79 Å². The third-order valence-electron chi connectivity index (χ3n) is 4.98. The lowest BCUT2D eigenvalue weighted by Crippen LogP contribution is -2.31. The highest BCUT2D eigenvalue weighted by Crippen LogP contribution is 2.34. The van der Waals surface area contributed by atoms with E-state index < -0.39 is 11.9 Å². The van der Waals surface area contributed by atoms with Crippen LogP contribution >= 0.6 is 0 Å². The lowest BCUT2D eigenvalue weighted by atomic mass is 10.1. The van der Waals surface area contributed by atoms with E-state index in [1.54, 1.807) is 24.3 Å². The van der Waals surface area contributed by atoms with Crippen LogP contribution in [0.5, 0.6) is 17.2 Å². The smallest absolute Gasteiger partial charge is 0.339 e. The first kappa shape index (κ1) is 21.2. The zero-order valence-electron chi connectivity index (χ0n) is 17.6. The Hall–Kier alpha value is -4.00. The van der Waals surface area contributed by atoms with Crippen molar-refractivity contribution in [1.82, 2.24) is 5.32 Å². The van der Waals surface area contributed by atoms with Crippen molar-refractivity contribution < 1.29 is 28.5 Å². The summed E-state index contributed by atoms with van der Waals surface area (Å²) in [5.74, 6) is 1.04. The Morgan fingerprint density at radius 2 is 1.72 bits per heavy atom. The quantitative estimate of drug-likeness (QED) is 0.540. The van der Waals surface area contributed by atoms with Gasteiger partial charge in [-0.1, -0.05) is 42.5 Å². The molecule has 0 aliphatic carbocycles. The fourth-order valence-corrected chi connectivity index (χ4v) is 3.28. The Bertz CT molecular complexity index is 1100. The molecular formula is C25H23NO6. The van der Waals surface area contributed by atoms with Gasteiger partial charge in [0, 0.05) is 5.56 Å². The first-order valence-electron chi connectivity index (χ1n) is 10.2. The molecule has 0 saturated heterocycles. The van der Waals surface area contributed by atoms with Crippen LogP contribution in [0.15, 0.2) is 72.8 Å². The molecule has 0 aromatic heterocycles. The lowest BCUT2D eigenvalue weighted by Gasteiger charge is -2.15. The number of carbonyl (C=O) groups excluding carboxylic acids is 2. The molecule has 1 N–H and O–H groups in total. The zero-order chi connectivity index (χ0) is 22.3. The summed E-state index contributed by atoms with van der Waals surface area (Å²) >= 11 is 0. The predicted molar refractivity (Wildman–Crippen MR) is 117 cm³/mol. The molecule has 7 heteroatoms. The molecule has 3 aromatic rings. The van der Waals surface area contributed by atoms with Crippen LogP contribution in [0.4, 0.5) is 0 Å². The van der Waals surface area contributed by atoms with Crippen molar-refractivity contribution in [2.45, 2.75) is 19.6 Å². The SMILES string of the molecule is CC(NC(=O)COC(=O)c1ccccc1COc1ccccc1)c1ccc2c(c1)OCO2. The number of nitrogens with one attached hydrogen (secondary N) is 1. The number of fused-ring (bicyclic) bond motifs is 1. The van der Waals surface area contributed by atoms with Crippen LogP contribution in [0.2, 0.25) is 0 Å². The Morgan fingerprint density at radius 3 is 2.56 bits per heavy atom. The summed E-state index contributed by atoms with van der Waals surface area (Å²) in [6.07, 6.45) is 0. The van der Waals surface area contributed by atoms with Crippen LogP contribution in [-0.4, -0.2) is 25.3 Å². The second-order valence-electron chi connectivity index (χ2n) is 7.24. The Kier molecular flexibility index (Phi) is 6.55. The molecule has 0 radical (unpaired) electrons. The molecule has 1 unspecified atom stereocenters. The number of esters is 1. The first-order chi connectivity index (χ1) is 15.6. The van der Waals surface area contributed by atoms with E-state index in [0.717, 1.165) is 5.56 Å². The standard InChI is InChI=1S/C25H23NO6/c1-17(18-11-12-22-23(13-18)32-16-31-22)26-24(27)15-30-25(28)21-10-6-5-7-19(21)14-29-20-8-3-2-4-9-20/h2-13,17H,14-16H2,1H3,(H,26,27). The molecule has 0 saturated carbocycles. The van der Waals surface area contributed by atoms with Crippen LogP contribution in [0, 0.1) is 0 Å². The maximum absolute atomic E-state index is 12.6. The fraction of sp³-hybridized carbons (Fsp3) is 0.200. The Morgan fingerprint density at radius 1 is 0.969 bits per heavy atom. The summed E-state index contributed by atoms with van der Waals surface area (Å²) in [5.41, 5.74) is 1.90. The Balaban J connectivity index is 1.31. The van der Waals surface area contributed by atoms with Gasteiger partial charge in [0.05, 0.1) is 11.6 Å². The van der Waals surface area contributed by atoms with E-state index in [4.69, 9.17) is 18.9 Å². The molecule has 1 heterocycles. The van der Waals surface area contributed by atoms with E-state index in [-0.39, 0.29) is 26.0 Å².